The third-order valence-corrected chi connectivity index (χ3v) is 20.7. The van der Waals surface area contributed by atoms with Crippen molar-refractivity contribution in [2.75, 3.05) is 49.3 Å². The molecule has 74 heavy (non-hydrogen) atoms. The first-order valence-electron chi connectivity index (χ1n) is 22.9. The van der Waals surface area contributed by atoms with E-state index >= 15 is 0 Å². The molecule has 2 aromatic heterocycles. The predicted molar refractivity (Wildman–Crippen MR) is 286 cm³/mol. The maximum Gasteiger partial charge on any atom is 0.270 e. The summed E-state index contributed by atoms with van der Waals surface area (Å²) in [5.41, 5.74) is 1.67. The number of thiophene rings is 2. The van der Waals surface area contributed by atoms with Crippen molar-refractivity contribution < 1.29 is 44.7 Å². The van der Waals surface area contributed by atoms with E-state index in [2.05, 4.69) is 33.4 Å². The van der Waals surface area contributed by atoms with Crippen molar-refractivity contribution in [3.8, 4) is 0 Å². The number of nitro benzene ring substituents is 2. The summed E-state index contributed by atoms with van der Waals surface area (Å²) >= 11 is 3.86. The smallest absolute Gasteiger partial charge is 0.270 e. The molecule has 4 heterocycles. The van der Waals surface area contributed by atoms with E-state index in [4.69, 9.17) is 0 Å². The van der Waals surface area contributed by atoms with Crippen LogP contribution < -0.4 is 21.3 Å². The van der Waals surface area contributed by atoms with Crippen molar-refractivity contribution >= 4 is 98.9 Å². The van der Waals surface area contributed by atoms with E-state index in [0.29, 0.717) is 67.3 Å². The highest BCUT2D eigenvalue weighted by molar-refractivity contribution is 7.98. The lowest BCUT2D eigenvalue weighted by Crippen LogP contribution is -2.42. The highest BCUT2D eigenvalue weighted by atomic mass is 32.3. The van der Waals surface area contributed by atoms with E-state index in [1.54, 1.807) is 48.2 Å². The molecule has 2 aliphatic heterocycles. The summed E-state index contributed by atoms with van der Waals surface area (Å²) in [4.78, 5) is 48.2. The Balaban J connectivity index is 0.000000217. The first-order chi connectivity index (χ1) is 35.2. The molecule has 26 heteroatoms. The van der Waals surface area contributed by atoms with Crippen molar-refractivity contribution in [3.63, 3.8) is 0 Å². The highest BCUT2D eigenvalue weighted by Gasteiger charge is 2.32. The van der Waals surface area contributed by atoms with Gasteiger partial charge in [0, 0.05) is 106 Å². The van der Waals surface area contributed by atoms with Gasteiger partial charge in [0.15, 0.2) is 9.84 Å². The van der Waals surface area contributed by atoms with Gasteiger partial charge in [0.2, 0.25) is 0 Å². The molecule has 0 bridgehead atoms. The standard InChI is InChI=1S/C24H26N4O7S3.C24H26N4O5S3/c1-37(32,33)22-7-3-5-19(15-22)26-18-10-12-27(13-11-18)38(34,35)23-9-8-21(36-23)16-25-24(29)17-4-2-6-20(14-17)28(30)31;1-34-21-7-3-5-19(15-21)26-18-10-12-27(13-11-18)36(32,33)23-9-8-22(35-23)16-25-24(29)17-4-2-6-20(14-17)28(30)31/h2-9,14-15,18,26H,10-13,16H2,1H3,(H,25,29);2-9,14-15,18,26H,10-13,16H2,1H3,(H,25,29). The second-order valence-corrected chi connectivity index (χ2v) is 26.7. The summed E-state index contributed by atoms with van der Waals surface area (Å²) in [6.07, 6.45) is 5.71. The maximum absolute atomic E-state index is 13.2. The average molecular weight is 1130 g/mol. The van der Waals surface area contributed by atoms with Crippen molar-refractivity contribution in [3.05, 3.63) is 162 Å². The van der Waals surface area contributed by atoms with Crippen LogP contribution in [0.15, 0.2) is 140 Å². The Hall–Kier alpha value is -6.26. The number of rotatable bonds is 18. The first kappa shape index (κ1) is 55.5. The zero-order valence-corrected chi connectivity index (χ0v) is 44.8. The molecule has 0 radical (unpaired) electrons. The molecule has 4 N–H and O–H groups in total. The number of sulfone groups is 1. The lowest BCUT2D eigenvalue weighted by atomic mass is 10.1. The lowest BCUT2D eigenvalue weighted by molar-refractivity contribution is -0.385. The summed E-state index contributed by atoms with van der Waals surface area (Å²) in [7, 11) is -10.7. The minimum absolute atomic E-state index is 0.000759. The molecule has 0 spiro atoms. The summed E-state index contributed by atoms with van der Waals surface area (Å²) < 4.78 is 79.6. The molecule has 2 fully saturated rings. The summed E-state index contributed by atoms with van der Waals surface area (Å²) in [6.45, 7) is 1.69. The van der Waals surface area contributed by atoms with Gasteiger partial charge in [-0.1, -0.05) is 24.3 Å². The maximum atomic E-state index is 13.2. The van der Waals surface area contributed by atoms with Gasteiger partial charge in [-0.15, -0.1) is 34.4 Å². The number of hydrogen-bond acceptors (Lipinski definition) is 17. The Bertz CT molecular complexity index is 3350. The van der Waals surface area contributed by atoms with Gasteiger partial charge in [-0.25, -0.2) is 25.3 Å². The van der Waals surface area contributed by atoms with Crippen LogP contribution in [0.2, 0.25) is 0 Å². The number of hydrogen-bond donors (Lipinski definition) is 4. The van der Waals surface area contributed by atoms with Gasteiger partial charge in [0.1, 0.15) is 8.42 Å². The van der Waals surface area contributed by atoms with Crippen LogP contribution in [-0.2, 0) is 43.0 Å². The van der Waals surface area contributed by atoms with E-state index in [0.717, 1.165) is 34.6 Å². The molecular formula is C48H52N8O12S6. The largest absolute Gasteiger partial charge is 0.382 e. The summed E-state index contributed by atoms with van der Waals surface area (Å²) in [5, 5.41) is 34.0. The van der Waals surface area contributed by atoms with E-state index in [-0.39, 0.29) is 61.0 Å². The van der Waals surface area contributed by atoms with Crippen LogP contribution in [0, 0.1) is 20.2 Å². The van der Waals surface area contributed by atoms with Crippen LogP contribution in [0.4, 0.5) is 22.7 Å². The first-order valence-corrected chi connectivity index (χ1v) is 30.5. The Kier molecular flexibility index (Phi) is 18.3. The van der Waals surface area contributed by atoms with Gasteiger partial charge in [-0.2, -0.15) is 8.61 Å². The van der Waals surface area contributed by atoms with Crippen molar-refractivity contribution in [2.24, 2.45) is 0 Å². The Morgan fingerprint density at radius 2 is 1.01 bits per heavy atom. The van der Waals surface area contributed by atoms with Gasteiger partial charge in [-0.3, -0.25) is 29.8 Å². The highest BCUT2D eigenvalue weighted by Crippen LogP contribution is 2.31. The SMILES string of the molecule is CS(=O)(=O)c1cccc(NC2CCN(S(=O)(=O)c3ccc(CNC(=O)c4cccc([N+](=O)[O-])c4)s3)CC2)c1.CSc1cccc(NC2CCN(S(=O)(=O)c3ccc(CNC(=O)c4cccc([N+](=O)[O-])c4)s3)CC2)c1. The van der Waals surface area contributed by atoms with Crippen LogP contribution in [0.3, 0.4) is 0 Å². The number of anilines is 2. The lowest BCUT2D eigenvalue weighted by Gasteiger charge is -2.31. The molecule has 4 aromatic carbocycles. The van der Waals surface area contributed by atoms with E-state index in [1.165, 1.54) is 74.2 Å². The second-order valence-electron chi connectivity index (χ2n) is 17.1. The molecule has 2 amide bonds. The van der Waals surface area contributed by atoms with Crippen molar-refractivity contribution in [1.82, 2.24) is 19.2 Å². The number of carbonyl (C=O) groups excluding carboxylic acids is 2. The molecule has 20 nitrogen and oxygen atoms in total. The van der Waals surface area contributed by atoms with E-state index in [9.17, 15) is 55.1 Å². The third-order valence-electron chi connectivity index (χ3n) is 11.9. The quantitative estimate of drug-likeness (QED) is 0.0363. The minimum Gasteiger partial charge on any atom is -0.382 e. The molecule has 2 saturated heterocycles. The van der Waals surface area contributed by atoms with Crippen LogP contribution in [-0.4, -0.2) is 106 Å². The number of nitrogens with zero attached hydrogens (tertiary/aromatic N) is 4. The number of benzene rings is 4. The van der Waals surface area contributed by atoms with Gasteiger partial charge in [0.25, 0.3) is 43.2 Å². The van der Waals surface area contributed by atoms with Crippen LogP contribution >= 0.6 is 34.4 Å². The fourth-order valence-electron chi connectivity index (χ4n) is 7.98. The molecule has 0 unspecified atom stereocenters. The Morgan fingerprint density at radius 1 is 0.595 bits per heavy atom. The predicted octanol–water partition coefficient (Wildman–Crippen LogP) is 7.83. The van der Waals surface area contributed by atoms with Crippen molar-refractivity contribution in [1.29, 1.82) is 0 Å². The number of sulfonamides is 2. The number of piperidine rings is 2. The Labute approximate surface area is 440 Å². The number of amides is 2. The minimum atomic E-state index is -3.71. The van der Waals surface area contributed by atoms with Crippen LogP contribution in [0.5, 0.6) is 0 Å². The molecule has 6 aromatic rings. The topological polar surface area (TPSA) is 277 Å². The molecule has 0 aliphatic carbocycles. The van der Waals surface area contributed by atoms with Crippen LogP contribution in [0.25, 0.3) is 0 Å². The summed E-state index contributed by atoms with van der Waals surface area (Å²) in [5.74, 6) is -0.961. The third kappa shape index (κ3) is 14.5. The normalized spacial score (nSPS) is 15.1. The number of non-ortho nitro benzene ring substituents is 2. The van der Waals surface area contributed by atoms with E-state index in [1.807, 2.05) is 18.4 Å². The van der Waals surface area contributed by atoms with Crippen molar-refractivity contribution in [2.45, 2.75) is 69.1 Å². The fourth-order valence-corrected chi connectivity index (χ4v) is 14.9. The molecule has 392 valence electrons. The number of carbonyl (C=O) groups is 2. The Morgan fingerprint density at radius 3 is 1.43 bits per heavy atom. The van der Waals surface area contributed by atoms with Gasteiger partial charge in [-0.05, 0) is 105 Å². The molecular weight excluding hydrogens is 1070 g/mol. The monoisotopic (exact) mass is 1120 g/mol. The van der Waals surface area contributed by atoms with Gasteiger partial charge in [0.05, 0.1) is 27.8 Å². The number of nitrogens with one attached hydrogen (secondary N) is 4. The fraction of sp³-hybridized carbons (Fsp3) is 0.292. The zero-order chi connectivity index (χ0) is 53.2. The zero-order valence-electron chi connectivity index (χ0n) is 39.9. The number of nitro groups is 2. The number of thioether (sulfide) groups is 1. The second kappa shape index (κ2) is 24.4. The molecule has 2 aliphatic rings. The van der Waals surface area contributed by atoms with Gasteiger partial charge >= 0.3 is 0 Å². The molecule has 0 atom stereocenters. The molecule has 0 saturated carbocycles. The molecule has 8 rings (SSSR count). The average Bonchev–Trinajstić information content (AvgIpc) is 4.10. The van der Waals surface area contributed by atoms with Crippen LogP contribution in [0.1, 0.15) is 56.2 Å². The van der Waals surface area contributed by atoms with Gasteiger partial charge < -0.3 is 21.3 Å². The summed E-state index contributed by atoms with van der Waals surface area (Å²) in [6, 6.07) is 32.1. The van der Waals surface area contributed by atoms with E-state index < -0.39 is 51.5 Å².